The molecule has 3 nitrogen and oxygen atoms in total. The van der Waals surface area contributed by atoms with E-state index < -0.39 is 6.10 Å². The molecule has 1 aliphatic rings. The highest BCUT2D eigenvalue weighted by Crippen LogP contribution is 2.37. The van der Waals surface area contributed by atoms with Gasteiger partial charge in [-0.1, -0.05) is 23.8 Å². The summed E-state index contributed by atoms with van der Waals surface area (Å²) in [6.45, 7) is 13.5. The third kappa shape index (κ3) is 2.79. The topological polar surface area (TPSA) is 32.7 Å². The van der Waals surface area contributed by atoms with E-state index in [2.05, 4.69) is 24.1 Å². The maximum absolute atomic E-state index is 10.7. The van der Waals surface area contributed by atoms with Gasteiger partial charge in [-0.3, -0.25) is 4.90 Å². The van der Waals surface area contributed by atoms with E-state index in [4.69, 9.17) is 4.74 Å². The molecule has 1 N–H and O–H groups in total. The maximum atomic E-state index is 10.7. The van der Waals surface area contributed by atoms with Crippen LogP contribution < -0.4 is 4.74 Å². The lowest BCUT2D eigenvalue weighted by Crippen LogP contribution is -2.46. The lowest BCUT2D eigenvalue weighted by Gasteiger charge is -2.38. The second-order valence-electron chi connectivity index (χ2n) is 5.35. The van der Waals surface area contributed by atoms with Crippen molar-refractivity contribution < 1.29 is 9.84 Å². The first-order valence-electron chi connectivity index (χ1n) is 6.96. The molecule has 2 rings (SSSR count). The maximum Gasteiger partial charge on any atom is 0.128 e. The molecule has 0 bridgehead atoms. The van der Waals surface area contributed by atoms with E-state index in [-0.39, 0.29) is 6.04 Å². The molecule has 20 heavy (non-hydrogen) atoms. The normalized spacial score (nSPS) is 21.2. The summed E-state index contributed by atoms with van der Waals surface area (Å²) in [6, 6.07) is 4.02. The number of fused-ring (bicyclic) bond motifs is 1. The zero-order valence-corrected chi connectivity index (χ0v) is 12.3. The van der Waals surface area contributed by atoms with Crippen molar-refractivity contribution in [2.75, 3.05) is 19.7 Å². The minimum absolute atomic E-state index is 0.0697. The van der Waals surface area contributed by atoms with Crippen LogP contribution in [0.3, 0.4) is 0 Å². The standard InChI is InChI=1S/C17H23NO2/c1-5-7-18(8-6-2)15-11-20-17-13(4)9-12(3)10-14(17)16(15)19/h5-6,9-10,15-16,19H,1-2,7-8,11H2,3-4H3. The average molecular weight is 273 g/mol. The van der Waals surface area contributed by atoms with Gasteiger partial charge in [0.15, 0.2) is 0 Å². The van der Waals surface area contributed by atoms with Crippen molar-refractivity contribution in [3.8, 4) is 5.75 Å². The molecule has 0 saturated heterocycles. The predicted octanol–water partition coefficient (Wildman–Crippen LogP) is 2.77. The van der Waals surface area contributed by atoms with Gasteiger partial charge in [0, 0.05) is 18.7 Å². The van der Waals surface area contributed by atoms with Crippen LogP contribution in [-0.2, 0) is 0 Å². The third-order valence-electron chi connectivity index (χ3n) is 3.73. The van der Waals surface area contributed by atoms with Crippen molar-refractivity contribution in [3.05, 3.63) is 54.1 Å². The second-order valence-corrected chi connectivity index (χ2v) is 5.35. The summed E-state index contributed by atoms with van der Waals surface area (Å²) in [5.74, 6) is 0.830. The Balaban J connectivity index is 2.32. The summed E-state index contributed by atoms with van der Waals surface area (Å²) >= 11 is 0. The van der Waals surface area contributed by atoms with Crippen LogP contribution in [0.15, 0.2) is 37.4 Å². The number of aryl methyl sites for hydroxylation is 2. The fourth-order valence-electron chi connectivity index (χ4n) is 2.85. The second kappa shape index (κ2) is 6.25. The highest BCUT2D eigenvalue weighted by Gasteiger charge is 2.33. The van der Waals surface area contributed by atoms with E-state index in [1.54, 1.807) is 0 Å². The van der Waals surface area contributed by atoms with E-state index >= 15 is 0 Å². The molecule has 108 valence electrons. The molecular formula is C17H23NO2. The molecule has 1 aromatic rings. The molecule has 1 aliphatic heterocycles. The number of benzene rings is 1. The molecule has 2 atom stereocenters. The van der Waals surface area contributed by atoms with Gasteiger partial charge in [0.1, 0.15) is 18.5 Å². The zero-order valence-electron chi connectivity index (χ0n) is 12.3. The molecule has 0 saturated carbocycles. The SMILES string of the molecule is C=CCN(CC=C)C1COc2c(C)cc(C)cc2C1O. The summed E-state index contributed by atoms with van der Waals surface area (Å²) in [5, 5.41) is 10.7. The van der Waals surface area contributed by atoms with E-state index in [0.717, 1.165) is 22.4 Å². The van der Waals surface area contributed by atoms with E-state index in [1.807, 2.05) is 32.1 Å². The van der Waals surface area contributed by atoms with Crippen molar-refractivity contribution in [1.82, 2.24) is 4.90 Å². The largest absolute Gasteiger partial charge is 0.491 e. The summed E-state index contributed by atoms with van der Waals surface area (Å²) in [6.07, 6.45) is 3.14. The van der Waals surface area contributed by atoms with Gasteiger partial charge in [-0.05, 0) is 25.5 Å². The summed E-state index contributed by atoms with van der Waals surface area (Å²) in [7, 11) is 0. The smallest absolute Gasteiger partial charge is 0.128 e. The molecule has 0 radical (unpaired) electrons. The van der Waals surface area contributed by atoms with Gasteiger partial charge in [-0.2, -0.15) is 0 Å². The summed E-state index contributed by atoms with van der Waals surface area (Å²) < 4.78 is 5.90. The van der Waals surface area contributed by atoms with Gasteiger partial charge in [0.2, 0.25) is 0 Å². The Labute approximate surface area is 121 Å². The van der Waals surface area contributed by atoms with Crippen LogP contribution in [0.5, 0.6) is 5.75 Å². The first-order chi connectivity index (χ1) is 9.58. The molecule has 0 aromatic heterocycles. The summed E-state index contributed by atoms with van der Waals surface area (Å²) in [5.41, 5.74) is 3.11. The van der Waals surface area contributed by atoms with E-state index in [0.29, 0.717) is 19.7 Å². The van der Waals surface area contributed by atoms with Crippen LogP contribution >= 0.6 is 0 Å². The minimum atomic E-state index is -0.544. The number of aliphatic hydroxyl groups is 1. The Morgan fingerprint density at radius 1 is 1.30 bits per heavy atom. The van der Waals surface area contributed by atoms with Crippen LogP contribution in [0, 0.1) is 13.8 Å². The molecule has 0 aliphatic carbocycles. The zero-order chi connectivity index (χ0) is 14.7. The molecule has 0 fully saturated rings. The predicted molar refractivity (Wildman–Crippen MR) is 82.1 cm³/mol. The van der Waals surface area contributed by atoms with Crippen molar-refractivity contribution in [3.63, 3.8) is 0 Å². The van der Waals surface area contributed by atoms with Crippen molar-refractivity contribution >= 4 is 0 Å². The lowest BCUT2D eigenvalue weighted by molar-refractivity contribution is 0.0131. The Morgan fingerprint density at radius 3 is 2.55 bits per heavy atom. The fraction of sp³-hybridized carbons (Fsp3) is 0.412. The molecular weight excluding hydrogens is 250 g/mol. The Bertz CT molecular complexity index is 500. The summed E-state index contributed by atoms with van der Waals surface area (Å²) in [4.78, 5) is 2.13. The third-order valence-corrected chi connectivity index (χ3v) is 3.73. The monoisotopic (exact) mass is 273 g/mol. The Morgan fingerprint density at radius 2 is 1.95 bits per heavy atom. The van der Waals surface area contributed by atoms with Gasteiger partial charge in [-0.25, -0.2) is 0 Å². The van der Waals surface area contributed by atoms with E-state index in [9.17, 15) is 5.11 Å². The van der Waals surface area contributed by atoms with Gasteiger partial charge < -0.3 is 9.84 Å². The Kier molecular flexibility index (Phi) is 4.63. The van der Waals surface area contributed by atoms with Crippen molar-refractivity contribution in [2.24, 2.45) is 0 Å². The first-order valence-corrected chi connectivity index (χ1v) is 6.96. The molecule has 3 heteroatoms. The van der Waals surface area contributed by atoms with Crippen molar-refractivity contribution in [1.29, 1.82) is 0 Å². The molecule has 1 aromatic carbocycles. The number of nitrogens with zero attached hydrogens (tertiary/aromatic N) is 1. The number of hydrogen-bond acceptors (Lipinski definition) is 3. The number of hydrogen-bond donors (Lipinski definition) is 1. The lowest BCUT2D eigenvalue weighted by atomic mass is 9.94. The van der Waals surface area contributed by atoms with Crippen LogP contribution in [0.1, 0.15) is 22.8 Å². The quantitative estimate of drug-likeness (QED) is 0.837. The van der Waals surface area contributed by atoms with Crippen molar-refractivity contribution in [2.45, 2.75) is 26.0 Å². The van der Waals surface area contributed by atoms with Gasteiger partial charge in [0.25, 0.3) is 0 Å². The van der Waals surface area contributed by atoms with Crippen LogP contribution in [-0.4, -0.2) is 35.7 Å². The molecule has 0 amide bonds. The Hall–Kier alpha value is -1.58. The first kappa shape index (κ1) is 14.8. The minimum Gasteiger partial charge on any atom is -0.491 e. The molecule has 1 heterocycles. The highest BCUT2D eigenvalue weighted by atomic mass is 16.5. The molecule has 0 spiro atoms. The number of aliphatic hydroxyl groups excluding tert-OH is 1. The highest BCUT2D eigenvalue weighted by molar-refractivity contribution is 5.46. The fourth-order valence-corrected chi connectivity index (χ4v) is 2.85. The van der Waals surface area contributed by atoms with Gasteiger partial charge in [0.05, 0.1) is 6.04 Å². The van der Waals surface area contributed by atoms with Crippen LogP contribution in [0.25, 0.3) is 0 Å². The number of ether oxygens (including phenoxy) is 1. The van der Waals surface area contributed by atoms with Gasteiger partial charge >= 0.3 is 0 Å². The number of rotatable bonds is 5. The van der Waals surface area contributed by atoms with Gasteiger partial charge in [-0.15, -0.1) is 13.2 Å². The van der Waals surface area contributed by atoms with Crippen LogP contribution in [0.4, 0.5) is 0 Å². The van der Waals surface area contributed by atoms with Crippen LogP contribution in [0.2, 0.25) is 0 Å². The molecule has 2 unspecified atom stereocenters. The average Bonchev–Trinajstić information content (AvgIpc) is 2.40. The van der Waals surface area contributed by atoms with E-state index in [1.165, 1.54) is 0 Å².